The van der Waals surface area contributed by atoms with Gasteiger partial charge >= 0.3 is 5.97 Å². The third kappa shape index (κ3) is 5.71. The fraction of sp³-hybridized carbons (Fsp3) is 0.423. The van der Waals surface area contributed by atoms with Gasteiger partial charge in [-0.1, -0.05) is 0 Å². The Labute approximate surface area is 210 Å². The number of nitrogens with one attached hydrogen (secondary N) is 1. The monoisotopic (exact) mass is 497 g/mol. The average Bonchev–Trinajstić information content (AvgIpc) is 3.30. The minimum Gasteiger partial charge on any atom is -0.497 e. The summed E-state index contributed by atoms with van der Waals surface area (Å²) in [6, 6.07) is 12.6. The zero-order valence-corrected chi connectivity index (χ0v) is 20.7. The maximum atomic E-state index is 12.8. The Hall–Kier alpha value is -3.79. The molecule has 1 N–H and O–H groups in total. The van der Waals surface area contributed by atoms with Crippen molar-refractivity contribution in [3.8, 4) is 11.5 Å². The second kappa shape index (κ2) is 11.3. The van der Waals surface area contributed by atoms with E-state index in [1.807, 2.05) is 24.3 Å². The molecule has 0 saturated carbocycles. The van der Waals surface area contributed by atoms with Gasteiger partial charge in [-0.2, -0.15) is 0 Å². The van der Waals surface area contributed by atoms with Crippen LogP contribution in [0.5, 0.6) is 11.5 Å². The van der Waals surface area contributed by atoms with E-state index in [9.17, 15) is 14.4 Å². The number of hydrogen-bond donors (Lipinski definition) is 1. The molecule has 2 aliphatic heterocycles. The molecule has 0 spiro atoms. The molecule has 4 rings (SSSR count). The van der Waals surface area contributed by atoms with E-state index in [1.54, 1.807) is 25.3 Å². The quantitative estimate of drug-likeness (QED) is 0.555. The van der Waals surface area contributed by atoms with Crippen LogP contribution in [-0.2, 0) is 23.9 Å². The van der Waals surface area contributed by atoms with Gasteiger partial charge in [0.15, 0.2) is 6.10 Å². The number of amides is 2. The number of morpholine rings is 1. The Kier molecular flexibility index (Phi) is 7.94. The summed E-state index contributed by atoms with van der Waals surface area (Å²) < 4.78 is 21.4. The molecule has 10 nitrogen and oxygen atoms in total. The molecule has 36 heavy (non-hydrogen) atoms. The van der Waals surface area contributed by atoms with E-state index < -0.39 is 23.9 Å². The van der Waals surface area contributed by atoms with Crippen molar-refractivity contribution in [1.29, 1.82) is 0 Å². The number of nitrogens with zero attached hydrogens (tertiary/aromatic N) is 2. The first-order chi connectivity index (χ1) is 17.4. The molecular formula is C26H31N3O7. The Morgan fingerprint density at radius 3 is 2.44 bits per heavy atom. The maximum Gasteiger partial charge on any atom is 0.312 e. The van der Waals surface area contributed by atoms with Crippen molar-refractivity contribution in [2.45, 2.75) is 19.4 Å². The van der Waals surface area contributed by atoms with Crippen molar-refractivity contribution in [2.75, 3.05) is 62.2 Å². The van der Waals surface area contributed by atoms with Gasteiger partial charge < -0.3 is 34.1 Å². The summed E-state index contributed by atoms with van der Waals surface area (Å²) in [4.78, 5) is 41.7. The van der Waals surface area contributed by atoms with Crippen molar-refractivity contribution in [3.05, 3.63) is 42.5 Å². The number of methoxy groups -OCH3 is 2. The molecule has 192 valence electrons. The van der Waals surface area contributed by atoms with Crippen molar-refractivity contribution < 1.29 is 33.3 Å². The van der Waals surface area contributed by atoms with Gasteiger partial charge in [-0.25, -0.2) is 0 Å². The van der Waals surface area contributed by atoms with Crippen LogP contribution in [0.2, 0.25) is 0 Å². The molecule has 2 amide bonds. The summed E-state index contributed by atoms with van der Waals surface area (Å²) >= 11 is 0. The highest BCUT2D eigenvalue weighted by molar-refractivity contribution is 6.01. The molecule has 2 aromatic rings. The molecule has 2 aliphatic rings. The highest BCUT2D eigenvalue weighted by Gasteiger charge is 2.38. The average molecular weight is 498 g/mol. The number of rotatable bonds is 8. The lowest BCUT2D eigenvalue weighted by atomic mass is 10.1. The first-order valence-corrected chi connectivity index (χ1v) is 11.9. The number of carbonyl (C=O) groups excluding carboxylic acids is 3. The fourth-order valence-corrected chi connectivity index (χ4v) is 4.25. The Morgan fingerprint density at radius 2 is 1.78 bits per heavy atom. The molecule has 2 fully saturated rings. The molecule has 0 aliphatic carbocycles. The van der Waals surface area contributed by atoms with E-state index in [-0.39, 0.29) is 18.9 Å². The van der Waals surface area contributed by atoms with E-state index in [2.05, 4.69) is 10.2 Å². The zero-order chi connectivity index (χ0) is 25.7. The summed E-state index contributed by atoms with van der Waals surface area (Å²) in [5.41, 5.74) is 2.21. The second-order valence-corrected chi connectivity index (χ2v) is 8.66. The van der Waals surface area contributed by atoms with Crippen LogP contribution in [-0.4, -0.2) is 71.0 Å². The van der Waals surface area contributed by atoms with Crippen LogP contribution in [0.4, 0.5) is 17.1 Å². The van der Waals surface area contributed by atoms with Gasteiger partial charge in [-0.3, -0.25) is 14.4 Å². The van der Waals surface area contributed by atoms with Gasteiger partial charge in [-0.05, 0) is 43.3 Å². The van der Waals surface area contributed by atoms with Crippen LogP contribution < -0.4 is 24.6 Å². The largest absolute Gasteiger partial charge is 0.497 e. The smallest absolute Gasteiger partial charge is 0.312 e. The molecule has 2 atom stereocenters. The maximum absolute atomic E-state index is 12.8. The van der Waals surface area contributed by atoms with E-state index in [0.717, 1.165) is 18.8 Å². The summed E-state index contributed by atoms with van der Waals surface area (Å²) in [7, 11) is 3.04. The standard InChI is InChI=1S/C26H31N3O7/c1-17(25(31)27-19-4-6-20(7-5-19)28-10-12-35-13-11-28)36-26(32)18-14-24(30)29(16-18)22-9-8-21(33-2)15-23(22)34-3/h4-9,15,17-18H,10-14,16H2,1-3H3,(H,27,31)/t17-,18+/m0/s1. The van der Waals surface area contributed by atoms with Crippen LogP contribution in [0.3, 0.4) is 0 Å². The lowest BCUT2D eigenvalue weighted by molar-refractivity contribution is -0.157. The summed E-state index contributed by atoms with van der Waals surface area (Å²) in [6.45, 7) is 4.68. The lowest BCUT2D eigenvalue weighted by Gasteiger charge is -2.29. The van der Waals surface area contributed by atoms with Gasteiger partial charge in [0.25, 0.3) is 5.91 Å². The van der Waals surface area contributed by atoms with Crippen molar-refractivity contribution in [1.82, 2.24) is 0 Å². The summed E-state index contributed by atoms with van der Waals surface area (Å²) in [6.07, 6.45) is -1.03. The molecule has 0 unspecified atom stereocenters. The number of carbonyl (C=O) groups is 3. The topological polar surface area (TPSA) is 107 Å². The van der Waals surface area contributed by atoms with Crippen LogP contribution in [0, 0.1) is 5.92 Å². The molecule has 2 aromatic carbocycles. The number of anilines is 3. The predicted molar refractivity (Wildman–Crippen MR) is 134 cm³/mol. The number of benzene rings is 2. The fourth-order valence-electron chi connectivity index (χ4n) is 4.25. The highest BCUT2D eigenvalue weighted by Crippen LogP contribution is 2.36. The molecule has 0 radical (unpaired) electrons. The van der Waals surface area contributed by atoms with Crippen molar-refractivity contribution in [3.63, 3.8) is 0 Å². The Balaban J connectivity index is 1.32. The van der Waals surface area contributed by atoms with Crippen molar-refractivity contribution in [2.24, 2.45) is 5.92 Å². The number of hydrogen-bond acceptors (Lipinski definition) is 8. The Bertz CT molecular complexity index is 1100. The minimum absolute atomic E-state index is 0.00857. The first-order valence-electron chi connectivity index (χ1n) is 11.9. The van der Waals surface area contributed by atoms with Crippen LogP contribution in [0.25, 0.3) is 0 Å². The predicted octanol–water partition coefficient (Wildman–Crippen LogP) is 2.46. The summed E-state index contributed by atoms with van der Waals surface area (Å²) in [5, 5.41) is 2.77. The third-order valence-corrected chi connectivity index (χ3v) is 6.31. The summed E-state index contributed by atoms with van der Waals surface area (Å²) in [5.74, 6) is -0.896. The molecule has 0 bridgehead atoms. The van der Waals surface area contributed by atoms with E-state index in [0.29, 0.717) is 36.1 Å². The Morgan fingerprint density at radius 1 is 1.06 bits per heavy atom. The molecule has 2 saturated heterocycles. The lowest BCUT2D eigenvalue weighted by Crippen LogP contribution is -2.36. The molecule has 10 heteroatoms. The SMILES string of the molecule is COc1ccc(N2C[C@H](C(=O)O[C@@H](C)C(=O)Nc3ccc(N4CCOCC4)cc3)CC2=O)c(OC)c1. The van der Waals surface area contributed by atoms with Crippen LogP contribution in [0.1, 0.15) is 13.3 Å². The van der Waals surface area contributed by atoms with Crippen LogP contribution >= 0.6 is 0 Å². The van der Waals surface area contributed by atoms with Gasteiger partial charge in [0.1, 0.15) is 11.5 Å². The first kappa shape index (κ1) is 25.3. The second-order valence-electron chi connectivity index (χ2n) is 8.66. The van der Waals surface area contributed by atoms with E-state index in [4.69, 9.17) is 18.9 Å². The third-order valence-electron chi connectivity index (χ3n) is 6.31. The van der Waals surface area contributed by atoms with E-state index >= 15 is 0 Å². The van der Waals surface area contributed by atoms with E-state index in [1.165, 1.54) is 18.9 Å². The molecule has 0 aromatic heterocycles. The van der Waals surface area contributed by atoms with Crippen LogP contribution in [0.15, 0.2) is 42.5 Å². The minimum atomic E-state index is -1.02. The number of esters is 1. The zero-order valence-electron chi connectivity index (χ0n) is 20.7. The van der Waals surface area contributed by atoms with Gasteiger partial charge in [0.05, 0.1) is 39.0 Å². The van der Waals surface area contributed by atoms with Gasteiger partial charge in [-0.15, -0.1) is 0 Å². The molecular weight excluding hydrogens is 466 g/mol. The normalized spacial score (nSPS) is 18.5. The highest BCUT2D eigenvalue weighted by atomic mass is 16.5. The van der Waals surface area contributed by atoms with Gasteiger partial charge in [0.2, 0.25) is 5.91 Å². The van der Waals surface area contributed by atoms with Gasteiger partial charge in [0, 0.05) is 43.5 Å². The number of ether oxygens (including phenoxy) is 4. The molecule has 2 heterocycles. The van der Waals surface area contributed by atoms with Crippen molar-refractivity contribution >= 4 is 34.8 Å².